The maximum Gasteiger partial charge on any atom is 0.263 e. The van der Waals surface area contributed by atoms with Crippen LogP contribution in [0.4, 0.5) is 10.3 Å². The first-order chi connectivity index (χ1) is 13.2. The number of hydrogen-bond acceptors (Lipinski definition) is 4. The van der Waals surface area contributed by atoms with Crippen molar-refractivity contribution in [2.45, 2.75) is 46.3 Å². The molecule has 3 rings (SSSR count). The molecule has 0 saturated heterocycles. The van der Waals surface area contributed by atoms with Crippen molar-refractivity contribution >= 4 is 17.0 Å². The molecular weight excluding hydrogens is 357 g/mol. The second-order valence-corrected chi connectivity index (χ2v) is 8.02. The molecular formula is C21H28FN5O. The van der Waals surface area contributed by atoms with Crippen LogP contribution < -0.4 is 10.5 Å². The number of benzene rings is 1. The zero-order valence-corrected chi connectivity index (χ0v) is 17.3. The molecule has 150 valence electrons. The Labute approximate surface area is 164 Å². The van der Waals surface area contributed by atoms with Crippen LogP contribution in [0.3, 0.4) is 0 Å². The second-order valence-electron chi connectivity index (χ2n) is 8.02. The van der Waals surface area contributed by atoms with E-state index in [2.05, 4.69) is 67.0 Å². The van der Waals surface area contributed by atoms with Gasteiger partial charge in [0.25, 0.3) is 5.56 Å². The molecule has 0 spiro atoms. The Bertz CT molecular complexity index is 1020. The van der Waals surface area contributed by atoms with Gasteiger partial charge < -0.3 is 4.90 Å². The van der Waals surface area contributed by atoms with Crippen LogP contribution in [0.25, 0.3) is 11.0 Å². The van der Waals surface area contributed by atoms with Gasteiger partial charge in [-0.2, -0.15) is 10.1 Å². The van der Waals surface area contributed by atoms with Crippen LogP contribution in [0.2, 0.25) is 0 Å². The lowest BCUT2D eigenvalue weighted by Gasteiger charge is -2.23. The first-order valence-electron chi connectivity index (χ1n) is 9.59. The number of nitrogens with zero attached hydrogens (tertiary/aromatic N) is 4. The zero-order chi connectivity index (χ0) is 20.6. The van der Waals surface area contributed by atoms with E-state index in [1.165, 1.54) is 5.56 Å². The molecule has 2 aromatic heterocycles. The van der Waals surface area contributed by atoms with Gasteiger partial charge in [0.1, 0.15) is 17.8 Å². The lowest BCUT2D eigenvalue weighted by Crippen LogP contribution is -2.22. The molecule has 1 N–H and O–H groups in total. The molecule has 28 heavy (non-hydrogen) atoms. The molecule has 6 nitrogen and oxygen atoms in total. The molecule has 0 amide bonds. The molecule has 0 unspecified atom stereocenters. The summed E-state index contributed by atoms with van der Waals surface area (Å²) in [6.07, 6.45) is 0. The highest BCUT2D eigenvalue weighted by Gasteiger charge is 2.26. The standard InChI is InChI=1S/C21H28FN5O/c1-12(2)14-7-9-15(10-8-14)18(13(3)4)27-19-17(16(11-22)25-27)20(28)24-21(23-19)26(5)6/h7-10,12-13,18H,11H2,1-6H3,(H,23,24,28)/t18-/m0/s1. The summed E-state index contributed by atoms with van der Waals surface area (Å²) >= 11 is 0. The lowest BCUT2D eigenvalue weighted by molar-refractivity contribution is 0.399. The first kappa shape index (κ1) is 20.0. The van der Waals surface area contributed by atoms with Crippen molar-refractivity contribution in [2.75, 3.05) is 19.0 Å². The Kier molecular flexibility index (Phi) is 5.54. The Hall–Kier alpha value is -2.70. The number of rotatable bonds is 6. The van der Waals surface area contributed by atoms with E-state index >= 15 is 0 Å². The minimum absolute atomic E-state index is 0.124. The normalized spacial score (nSPS) is 12.9. The van der Waals surface area contributed by atoms with Crippen molar-refractivity contribution in [1.29, 1.82) is 0 Å². The van der Waals surface area contributed by atoms with Crippen molar-refractivity contribution in [2.24, 2.45) is 5.92 Å². The van der Waals surface area contributed by atoms with Gasteiger partial charge in [0.05, 0.1) is 6.04 Å². The van der Waals surface area contributed by atoms with Crippen LogP contribution in [-0.4, -0.2) is 33.8 Å². The minimum Gasteiger partial charge on any atom is -0.348 e. The van der Waals surface area contributed by atoms with E-state index in [9.17, 15) is 9.18 Å². The van der Waals surface area contributed by atoms with Crippen LogP contribution in [0.5, 0.6) is 0 Å². The maximum absolute atomic E-state index is 13.6. The number of H-pyrrole nitrogens is 1. The van der Waals surface area contributed by atoms with Crippen molar-refractivity contribution in [1.82, 2.24) is 19.7 Å². The molecule has 1 aromatic carbocycles. The highest BCUT2D eigenvalue weighted by molar-refractivity contribution is 5.78. The smallest absolute Gasteiger partial charge is 0.263 e. The summed E-state index contributed by atoms with van der Waals surface area (Å²) in [6, 6.07) is 8.24. The van der Waals surface area contributed by atoms with E-state index in [-0.39, 0.29) is 28.6 Å². The van der Waals surface area contributed by atoms with E-state index in [4.69, 9.17) is 0 Å². The van der Waals surface area contributed by atoms with Gasteiger partial charge in [-0.1, -0.05) is 52.0 Å². The van der Waals surface area contributed by atoms with E-state index in [1.807, 2.05) is 0 Å². The number of anilines is 1. The van der Waals surface area contributed by atoms with Gasteiger partial charge in [-0.05, 0) is 23.0 Å². The van der Waals surface area contributed by atoms with Crippen LogP contribution in [0.1, 0.15) is 56.5 Å². The number of fused-ring (bicyclic) bond motifs is 1. The van der Waals surface area contributed by atoms with Crippen molar-refractivity contribution in [3.63, 3.8) is 0 Å². The van der Waals surface area contributed by atoms with Crippen molar-refractivity contribution in [3.05, 3.63) is 51.4 Å². The van der Waals surface area contributed by atoms with Crippen molar-refractivity contribution in [3.8, 4) is 0 Å². The Morgan fingerprint density at radius 1 is 1.11 bits per heavy atom. The van der Waals surface area contributed by atoms with Gasteiger partial charge in [0.15, 0.2) is 5.65 Å². The minimum atomic E-state index is -0.813. The fourth-order valence-corrected chi connectivity index (χ4v) is 3.49. The highest BCUT2D eigenvalue weighted by atomic mass is 19.1. The van der Waals surface area contributed by atoms with Gasteiger partial charge in [-0.3, -0.25) is 9.78 Å². The van der Waals surface area contributed by atoms with E-state index < -0.39 is 6.67 Å². The number of nitrogens with one attached hydrogen (secondary N) is 1. The van der Waals surface area contributed by atoms with Crippen LogP contribution in [0.15, 0.2) is 29.1 Å². The third kappa shape index (κ3) is 3.53. The molecule has 0 aliphatic rings. The Balaban J connectivity index is 2.24. The van der Waals surface area contributed by atoms with Gasteiger partial charge in [0.2, 0.25) is 5.95 Å². The lowest BCUT2D eigenvalue weighted by atomic mass is 9.93. The monoisotopic (exact) mass is 385 g/mol. The Morgan fingerprint density at radius 3 is 2.21 bits per heavy atom. The van der Waals surface area contributed by atoms with E-state index in [1.54, 1.807) is 23.7 Å². The molecule has 0 radical (unpaired) electrons. The first-order valence-corrected chi connectivity index (χ1v) is 9.59. The Morgan fingerprint density at radius 2 is 1.71 bits per heavy atom. The van der Waals surface area contributed by atoms with Crippen molar-refractivity contribution < 1.29 is 4.39 Å². The average molecular weight is 385 g/mol. The van der Waals surface area contributed by atoms with Gasteiger partial charge >= 0.3 is 0 Å². The molecule has 0 saturated carbocycles. The summed E-state index contributed by atoms with van der Waals surface area (Å²) in [5.74, 6) is 1.03. The van der Waals surface area contributed by atoms with E-state index in [0.29, 0.717) is 17.5 Å². The fourth-order valence-electron chi connectivity index (χ4n) is 3.49. The molecule has 0 aliphatic heterocycles. The summed E-state index contributed by atoms with van der Waals surface area (Å²) in [6.45, 7) is 7.67. The van der Waals surface area contributed by atoms with Gasteiger partial charge in [0, 0.05) is 14.1 Å². The third-order valence-electron chi connectivity index (χ3n) is 5.01. The van der Waals surface area contributed by atoms with Crippen LogP contribution >= 0.6 is 0 Å². The van der Waals surface area contributed by atoms with Gasteiger partial charge in [-0.15, -0.1) is 0 Å². The number of alkyl halides is 1. The average Bonchev–Trinajstić information content (AvgIpc) is 3.01. The number of hydrogen-bond donors (Lipinski definition) is 1. The summed E-state index contributed by atoms with van der Waals surface area (Å²) in [4.78, 5) is 21.6. The predicted octanol–water partition coefficient (Wildman–Crippen LogP) is 4.02. The number of aromatic nitrogens is 4. The predicted molar refractivity (Wildman–Crippen MR) is 111 cm³/mol. The molecule has 7 heteroatoms. The van der Waals surface area contributed by atoms with Crippen LogP contribution in [0, 0.1) is 5.92 Å². The number of halogens is 1. The second kappa shape index (κ2) is 7.73. The highest BCUT2D eigenvalue weighted by Crippen LogP contribution is 2.31. The van der Waals surface area contributed by atoms with E-state index in [0.717, 1.165) is 5.56 Å². The summed E-state index contributed by atoms with van der Waals surface area (Å²) in [5.41, 5.74) is 2.48. The summed E-state index contributed by atoms with van der Waals surface area (Å²) in [5, 5.41) is 4.69. The quantitative estimate of drug-likeness (QED) is 0.696. The molecule has 0 bridgehead atoms. The molecule has 2 heterocycles. The topological polar surface area (TPSA) is 66.8 Å². The van der Waals surface area contributed by atoms with Crippen LogP contribution in [-0.2, 0) is 6.67 Å². The SMILES string of the molecule is CC(C)c1ccc([C@H](C(C)C)n2nc(CF)c3c(=O)[nH]c(N(C)C)nc32)cc1. The summed E-state index contributed by atoms with van der Waals surface area (Å²) in [7, 11) is 3.59. The summed E-state index contributed by atoms with van der Waals surface area (Å²) < 4.78 is 15.4. The molecule has 0 aliphatic carbocycles. The van der Waals surface area contributed by atoms with Gasteiger partial charge in [-0.25, -0.2) is 9.07 Å². The number of aromatic amines is 1. The molecule has 0 fully saturated rings. The maximum atomic E-state index is 13.6. The third-order valence-corrected chi connectivity index (χ3v) is 5.01. The molecule has 3 aromatic rings. The zero-order valence-electron chi connectivity index (χ0n) is 17.3. The fraction of sp³-hybridized carbons (Fsp3) is 0.476. The molecule has 1 atom stereocenters. The largest absolute Gasteiger partial charge is 0.348 e.